The molecule has 1 aromatic carbocycles. The van der Waals surface area contributed by atoms with Crippen LogP contribution in [0.4, 0.5) is 5.69 Å². The van der Waals surface area contributed by atoms with Crippen molar-refractivity contribution in [2.24, 2.45) is 0 Å². The Hall–Kier alpha value is -1.77. The molecule has 6 nitrogen and oxygen atoms in total. The topological polar surface area (TPSA) is 90.2 Å². The molecule has 0 aliphatic carbocycles. The number of anilines is 1. The lowest BCUT2D eigenvalue weighted by molar-refractivity contribution is 0.373. The highest BCUT2D eigenvalue weighted by Gasteiger charge is 2.11. The first-order valence-electron chi connectivity index (χ1n) is 4.96. The zero-order valence-electron chi connectivity index (χ0n) is 9.44. The molecule has 0 saturated heterocycles. The van der Waals surface area contributed by atoms with Gasteiger partial charge in [0, 0.05) is 11.8 Å². The van der Waals surface area contributed by atoms with Crippen LogP contribution in [0.2, 0.25) is 0 Å². The Kier molecular flexibility index (Phi) is 3.70. The summed E-state index contributed by atoms with van der Waals surface area (Å²) < 4.78 is 11.1. The van der Waals surface area contributed by atoms with Gasteiger partial charge in [-0.1, -0.05) is 0 Å². The third-order valence-electron chi connectivity index (χ3n) is 2.16. The van der Waals surface area contributed by atoms with E-state index >= 15 is 0 Å². The molecule has 7 heteroatoms. The lowest BCUT2D eigenvalue weighted by Gasteiger charge is -2.10. The van der Waals surface area contributed by atoms with E-state index in [0.29, 0.717) is 20.8 Å². The number of ether oxygens (including phenoxy) is 2. The van der Waals surface area contributed by atoms with Gasteiger partial charge in [-0.3, -0.25) is 4.79 Å². The van der Waals surface area contributed by atoms with Crippen LogP contribution in [0.5, 0.6) is 17.4 Å². The van der Waals surface area contributed by atoms with Crippen LogP contribution in [0.25, 0.3) is 0 Å². The summed E-state index contributed by atoms with van der Waals surface area (Å²) in [4.78, 5) is 17.8. The van der Waals surface area contributed by atoms with Crippen molar-refractivity contribution in [3.8, 4) is 17.4 Å². The second kappa shape index (κ2) is 5.25. The van der Waals surface area contributed by atoms with Gasteiger partial charge in [0.15, 0.2) is 11.5 Å². The first-order chi connectivity index (χ1) is 8.61. The van der Waals surface area contributed by atoms with Gasteiger partial charge in [0.05, 0.1) is 13.4 Å². The molecule has 3 N–H and O–H groups in total. The Morgan fingerprint density at radius 3 is 2.89 bits per heavy atom. The molecule has 94 valence electrons. The Balaban J connectivity index is 2.40. The van der Waals surface area contributed by atoms with Crippen molar-refractivity contribution in [3.05, 3.63) is 38.5 Å². The average molecular weight is 359 g/mol. The third-order valence-corrected chi connectivity index (χ3v) is 3.11. The minimum Gasteiger partial charge on any atom is -0.493 e. The van der Waals surface area contributed by atoms with Crippen LogP contribution in [-0.2, 0) is 0 Å². The summed E-state index contributed by atoms with van der Waals surface area (Å²) in [5.74, 6) is 1.15. The van der Waals surface area contributed by atoms with Gasteiger partial charge in [0.2, 0.25) is 5.88 Å². The van der Waals surface area contributed by atoms with Crippen molar-refractivity contribution in [2.45, 2.75) is 0 Å². The number of benzene rings is 1. The predicted octanol–water partition coefficient (Wildman–Crippen LogP) is 1.76. The van der Waals surface area contributed by atoms with Gasteiger partial charge in [0.1, 0.15) is 3.57 Å². The van der Waals surface area contributed by atoms with E-state index in [1.54, 1.807) is 18.2 Å². The molecule has 0 radical (unpaired) electrons. The number of nitrogens with one attached hydrogen (secondary N) is 1. The van der Waals surface area contributed by atoms with E-state index in [-0.39, 0.29) is 11.4 Å². The fraction of sp³-hybridized carbons (Fsp3) is 0.0909. The van der Waals surface area contributed by atoms with E-state index in [1.165, 1.54) is 13.4 Å². The van der Waals surface area contributed by atoms with Gasteiger partial charge < -0.3 is 20.2 Å². The normalized spacial score (nSPS) is 10.1. The van der Waals surface area contributed by atoms with Crippen LogP contribution >= 0.6 is 22.6 Å². The van der Waals surface area contributed by atoms with E-state index in [2.05, 4.69) is 9.97 Å². The summed E-state index contributed by atoms with van der Waals surface area (Å²) in [5, 5.41) is 0. The van der Waals surface area contributed by atoms with Gasteiger partial charge in [-0.2, -0.15) is 0 Å². The number of nitrogens with two attached hydrogens (primary N) is 1. The van der Waals surface area contributed by atoms with E-state index in [9.17, 15) is 4.79 Å². The summed E-state index contributed by atoms with van der Waals surface area (Å²) in [7, 11) is 1.51. The summed E-state index contributed by atoms with van der Waals surface area (Å²) >= 11 is 1.87. The number of rotatable bonds is 3. The Morgan fingerprint density at radius 2 is 2.17 bits per heavy atom. The maximum absolute atomic E-state index is 11.4. The Morgan fingerprint density at radius 1 is 1.39 bits per heavy atom. The number of aromatic amines is 1. The number of methoxy groups -OCH3 is 1. The monoisotopic (exact) mass is 359 g/mol. The maximum atomic E-state index is 11.4. The molecule has 0 aliphatic heterocycles. The zero-order valence-corrected chi connectivity index (χ0v) is 11.6. The highest BCUT2D eigenvalue weighted by Crippen LogP contribution is 2.32. The summed E-state index contributed by atoms with van der Waals surface area (Å²) in [6, 6.07) is 4.97. The van der Waals surface area contributed by atoms with Gasteiger partial charge in [-0.25, -0.2) is 4.98 Å². The molecule has 0 unspecified atom stereocenters. The molecule has 0 fully saturated rings. The molecule has 0 atom stereocenters. The van der Waals surface area contributed by atoms with E-state index < -0.39 is 0 Å². The maximum Gasteiger partial charge on any atom is 0.268 e. The fourth-order valence-electron chi connectivity index (χ4n) is 1.31. The van der Waals surface area contributed by atoms with E-state index in [0.717, 1.165) is 0 Å². The molecule has 1 heterocycles. The highest BCUT2D eigenvalue weighted by molar-refractivity contribution is 14.1. The minimum atomic E-state index is -0.255. The van der Waals surface area contributed by atoms with Gasteiger partial charge in [-0.05, 0) is 34.7 Å². The Bertz CT molecular complexity index is 627. The van der Waals surface area contributed by atoms with Gasteiger partial charge in [0.25, 0.3) is 5.56 Å². The molecular weight excluding hydrogens is 349 g/mol. The minimum absolute atomic E-state index is 0.224. The SMILES string of the molecule is COc1cc(N)ccc1Oc1nc[nH]c(=O)c1I. The second-order valence-corrected chi connectivity index (χ2v) is 4.44. The fourth-order valence-corrected chi connectivity index (χ4v) is 1.72. The van der Waals surface area contributed by atoms with Gasteiger partial charge in [-0.15, -0.1) is 0 Å². The smallest absolute Gasteiger partial charge is 0.268 e. The molecular formula is C11H10IN3O3. The Labute approximate surface area is 116 Å². The van der Waals surface area contributed by atoms with Gasteiger partial charge >= 0.3 is 0 Å². The van der Waals surface area contributed by atoms with Crippen LogP contribution in [0.1, 0.15) is 0 Å². The number of halogens is 1. The summed E-state index contributed by atoms with van der Waals surface area (Å²) in [6.45, 7) is 0. The molecule has 0 spiro atoms. The number of H-pyrrole nitrogens is 1. The molecule has 18 heavy (non-hydrogen) atoms. The van der Waals surface area contributed by atoms with Crippen molar-refractivity contribution >= 4 is 28.3 Å². The van der Waals surface area contributed by atoms with Crippen LogP contribution < -0.4 is 20.8 Å². The molecule has 0 amide bonds. The van der Waals surface area contributed by atoms with E-state index in [1.807, 2.05) is 22.6 Å². The quantitative estimate of drug-likeness (QED) is 0.644. The molecule has 2 rings (SSSR count). The number of nitrogens with zero attached hydrogens (tertiary/aromatic N) is 1. The molecule has 0 saturated carbocycles. The van der Waals surface area contributed by atoms with Crippen molar-refractivity contribution in [2.75, 3.05) is 12.8 Å². The number of nitrogen functional groups attached to an aromatic ring is 1. The zero-order chi connectivity index (χ0) is 13.1. The number of hydrogen-bond acceptors (Lipinski definition) is 5. The number of aromatic nitrogens is 2. The number of hydrogen-bond donors (Lipinski definition) is 2. The summed E-state index contributed by atoms with van der Waals surface area (Å²) in [6.07, 6.45) is 1.28. The van der Waals surface area contributed by atoms with Crippen molar-refractivity contribution in [3.63, 3.8) is 0 Å². The first kappa shape index (κ1) is 12.7. The largest absolute Gasteiger partial charge is 0.493 e. The standard InChI is InChI=1S/C11H10IN3O3/c1-17-8-4-6(13)2-3-7(8)18-11-9(12)10(16)14-5-15-11/h2-5H,13H2,1H3,(H,14,15,16). The lowest BCUT2D eigenvalue weighted by atomic mass is 10.3. The van der Waals surface area contributed by atoms with Crippen molar-refractivity contribution in [1.29, 1.82) is 0 Å². The second-order valence-electron chi connectivity index (χ2n) is 3.36. The molecule has 1 aromatic heterocycles. The van der Waals surface area contributed by atoms with Crippen LogP contribution in [0.15, 0.2) is 29.3 Å². The first-order valence-corrected chi connectivity index (χ1v) is 6.04. The lowest BCUT2D eigenvalue weighted by Crippen LogP contribution is -2.11. The highest BCUT2D eigenvalue weighted by atomic mass is 127. The molecule has 2 aromatic rings. The average Bonchev–Trinajstić information content (AvgIpc) is 2.37. The predicted molar refractivity (Wildman–Crippen MR) is 75.1 cm³/mol. The van der Waals surface area contributed by atoms with Crippen LogP contribution in [0.3, 0.4) is 0 Å². The van der Waals surface area contributed by atoms with Crippen LogP contribution in [0, 0.1) is 3.57 Å². The third kappa shape index (κ3) is 2.55. The van der Waals surface area contributed by atoms with Crippen LogP contribution in [-0.4, -0.2) is 17.1 Å². The summed E-state index contributed by atoms with van der Waals surface area (Å²) in [5.41, 5.74) is 5.95. The molecule has 0 aliphatic rings. The van der Waals surface area contributed by atoms with Crippen molar-refractivity contribution < 1.29 is 9.47 Å². The van der Waals surface area contributed by atoms with Crippen molar-refractivity contribution in [1.82, 2.24) is 9.97 Å². The van der Waals surface area contributed by atoms with E-state index in [4.69, 9.17) is 15.2 Å². The molecule has 0 bridgehead atoms.